The fraction of sp³-hybridized carbons (Fsp3) is 0.526. The molecule has 2 aliphatic rings. The van der Waals surface area contributed by atoms with Crippen molar-refractivity contribution in [3.8, 4) is 0 Å². The van der Waals surface area contributed by atoms with Gasteiger partial charge in [-0.3, -0.25) is 14.5 Å². The normalized spacial score (nSPS) is 19.4. The van der Waals surface area contributed by atoms with Crippen LogP contribution in [0.4, 0.5) is 4.79 Å². The van der Waals surface area contributed by atoms with Crippen molar-refractivity contribution in [2.24, 2.45) is 0 Å². The van der Waals surface area contributed by atoms with E-state index in [-0.39, 0.29) is 23.9 Å². The van der Waals surface area contributed by atoms with Crippen molar-refractivity contribution in [1.82, 2.24) is 15.1 Å². The first kappa shape index (κ1) is 18.8. The van der Waals surface area contributed by atoms with Crippen LogP contribution in [0, 0.1) is 0 Å². The SMILES string of the molecule is CSCc1ccc(C(=O)N2CCC3(CC2)NC(=O)N(C(C)C)C3=O)cc1. The van der Waals surface area contributed by atoms with Crippen molar-refractivity contribution in [2.45, 2.75) is 44.0 Å². The quantitative estimate of drug-likeness (QED) is 0.821. The van der Waals surface area contributed by atoms with Gasteiger partial charge in [0, 0.05) is 30.4 Å². The van der Waals surface area contributed by atoms with Crippen molar-refractivity contribution in [3.63, 3.8) is 0 Å². The number of imide groups is 1. The summed E-state index contributed by atoms with van der Waals surface area (Å²) in [5, 5.41) is 2.87. The van der Waals surface area contributed by atoms with Gasteiger partial charge in [-0.15, -0.1) is 0 Å². The summed E-state index contributed by atoms with van der Waals surface area (Å²) in [4.78, 5) is 40.6. The second kappa shape index (κ2) is 7.31. The highest BCUT2D eigenvalue weighted by Crippen LogP contribution is 2.31. The second-order valence-corrected chi connectivity index (χ2v) is 8.07. The van der Waals surface area contributed by atoms with Crippen LogP contribution in [0.25, 0.3) is 0 Å². The van der Waals surface area contributed by atoms with Crippen LogP contribution in [-0.4, -0.2) is 58.6 Å². The van der Waals surface area contributed by atoms with Crippen LogP contribution in [0.3, 0.4) is 0 Å². The van der Waals surface area contributed by atoms with Crippen molar-refractivity contribution < 1.29 is 14.4 Å². The third-order valence-corrected chi connectivity index (χ3v) is 5.75. The lowest BCUT2D eigenvalue weighted by Gasteiger charge is -2.37. The van der Waals surface area contributed by atoms with E-state index in [4.69, 9.17) is 0 Å². The molecule has 0 atom stereocenters. The van der Waals surface area contributed by atoms with E-state index in [9.17, 15) is 14.4 Å². The lowest BCUT2D eigenvalue weighted by atomic mass is 9.87. The Morgan fingerprint density at radius 1 is 1.19 bits per heavy atom. The number of hydrogen-bond donors (Lipinski definition) is 1. The Morgan fingerprint density at radius 3 is 2.31 bits per heavy atom. The molecule has 1 spiro atoms. The number of likely N-dealkylation sites (tertiary alicyclic amines) is 1. The fourth-order valence-corrected chi connectivity index (χ4v) is 4.16. The molecule has 140 valence electrons. The van der Waals surface area contributed by atoms with Crippen molar-refractivity contribution in [2.75, 3.05) is 19.3 Å². The summed E-state index contributed by atoms with van der Waals surface area (Å²) >= 11 is 1.74. The standard InChI is InChI=1S/C19H25N3O3S/c1-13(2)22-17(24)19(20-18(22)25)8-10-21(11-9-19)16(23)15-6-4-14(5-7-15)12-26-3/h4-7,13H,8-12H2,1-3H3,(H,20,25). The van der Waals surface area contributed by atoms with E-state index in [1.54, 1.807) is 16.7 Å². The molecule has 1 aromatic carbocycles. The van der Waals surface area contributed by atoms with Crippen LogP contribution in [0.15, 0.2) is 24.3 Å². The Labute approximate surface area is 158 Å². The predicted octanol–water partition coefficient (Wildman–Crippen LogP) is 2.48. The highest BCUT2D eigenvalue weighted by Gasteiger charge is 2.53. The van der Waals surface area contributed by atoms with E-state index in [0.29, 0.717) is 31.5 Å². The lowest BCUT2D eigenvalue weighted by molar-refractivity contribution is -0.133. The number of carbonyl (C=O) groups is 3. The minimum Gasteiger partial charge on any atom is -0.338 e. The number of nitrogens with zero attached hydrogens (tertiary/aromatic N) is 2. The van der Waals surface area contributed by atoms with Crippen LogP contribution in [0.1, 0.15) is 42.6 Å². The molecule has 2 aliphatic heterocycles. The van der Waals surface area contributed by atoms with E-state index in [1.165, 1.54) is 10.5 Å². The highest BCUT2D eigenvalue weighted by molar-refractivity contribution is 7.97. The molecule has 0 aromatic heterocycles. The molecule has 2 heterocycles. The zero-order valence-electron chi connectivity index (χ0n) is 15.4. The molecule has 4 amide bonds. The zero-order chi connectivity index (χ0) is 18.9. The average molecular weight is 375 g/mol. The summed E-state index contributed by atoms with van der Waals surface area (Å²) in [6.07, 6.45) is 2.96. The van der Waals surface area contributed by atoms with Gasteiger partial charge in [0.25, 0.3) is 11.8 Å². The van der Waals surface area contributed by atoms with Gasteiger partial charge in [0.2, 0.25) is 0 Å². The van der Waals surface area contributed by atoms with Crippen LogP contribution in [-0.2, 0) is 10.5 Å². The number of hydrogen-bond acceptors (Lipinski definition) is 4. The molecular formula is C19H25N3O3S. The molecule has 2 saturated heterocycles. The zero-order valence-corrected chi connectivity index (χ0v) is 16.3. The maximum atomic E-state index is 12.7. The second-order valence-electron chi connectivity index (χ2n) is 7.20. The van der Waals surface area contributed by atoms with Crippen LogP contribution in [0.5, 0.6) is 0 Å². The van der Waals surface area contributed by atoms with Crippen molar-refractivity contribution >= 4 is 29.6 Å². The minimum atomic E-state index is -0.847. The molecule has 0 radical (unpaired) electrons. The number of rotatable bonds is 4. The number of nitrogens with one attached hydrogen (secondary N) is 1. The summed E-state index contributed by atoms with van der Waals surface area (Å²) in [6.45, 7) is 4.58. The monoisotopic (exact) mass is 375 g/mol. The molecule has 2 fully saturated rings. The van der Waals surface area contributed by atoms with Gasteiger partial charge in [0.05, 0.1) is 0 Å². The lowest BCUT2D eigenvalue weighted by Crippen LogP contribution is -2.56. The van der Waals surface area contributed by atoms with Crippen molar-refractivity contribution in [1.29, 1.82) is 0 Å². The average Bonchev–Trinajstić information content (AvgIpc) is 2.86. The summed E-state index contributed by atoms with van der Waals surface area (Å²) in [5.41, 5.74) is 1.01. The summed E-state index contributed by atoms with van der Waals surface area (Å²) in [5.74, 6) is 0.744. The molecule has 0 saturated carbocycles. The highest BCUT2D eigenvalue weighted by atomic mass is 32.2. The van der Waals surface area contributed by atoms with Gasteiger partial charge in [0.15, 0.2) is 0 Å². The first-order valence-corrected chi connectivity index (χ1v) is 10.3. The van der Waals surface area contributed by atoms with E-state index in [2.05, 4.69) is 5.32 Å². The molecule has 1 aromatic rings. The topological polar surface area (TPSA) is 69.7 Å². The molecule has 1 N–H and O–H groups in total. The van der Waals surface area contributed by atoms with Crippen molar-refractivity contribution in [3.05, 3.63) is 35.4 Å². The maximum Gasteiger partial charge on any atom is 0.325 e. The number of urea groups is 1. The third-order valence-electron chi connectivity index (χ3n) is 5.13. The number of benzene rings is 1. The van der Waals surface area contributed by atoms with E-state index in [1.807, 2.05) is 44.4 Å². The van der Waals surface area contributed by atoms with E-state index in [0.717, 1.165) is 5.75 Å². The van der Waals surface area contributed by atoms with Gasteiger partial charge in [0.1, 0.15) is 5.54 Å². The number of thioether (sulfide) groups is 1. The van der Waals surface area contributed by atoms with Gasteiger partial charge in [-0.2, -0.15) is 11.8 Å². The molecule has 0 aliphatic carbocycles. The van der Waals surface area contributed by atoms with Gasteiger partial charge in [-0.05, 0) is 50.6 Å². The number of piperidine rings is 1. The molecule has 7 heteroatoms. The van der Waals surface area contributed by atoms with Gasteiger partial charge >= 0.3 is 6.03 Å². The molecule has 0 unspecified atom stereocenters. The fourth-order valence-electron chi connectivity index (χ4n) is 3.63. The Bertz CT molecular complexity index is 709. The maximum absolute atomic E-state index is 12.7. The Balaban J connectivity index is 1.66. The largest absolute Gasteiger partial charge is 0.338 e. The van der Waals surface area contributed by atoms with Gasteiger partial charge in [-0.25, -0.2) is 4.79 Å². The molecule has 0 bridgehead atoms. The number of amides is 4. The Morgan fingerprint density at radius 2 is 1.81 bits per heavy atom. The van der Waals surface area contributed by atoms with Crippen LogP contribution in [0.2, 0.25) is 0 Å². The van der Waals surface area contributed by atoms with Crippen LogP contribution < -0.4 is 5.32 Å². The Kier molecular flexibility index (Phi) is 5.27. The predicted molar refractivity (Wildman–Crippen MR) is 102 cm³/mol. The summed E-state index contributed by atoms with van der Waals surface area (Å²) in [7, 11) is 0. The van der Waals surface area contributed by atoms with Gasteiger partial charge < -0.3 is 10.2 Å². The smallest absolute Gasteiger partial charge is 0.325 e. The van der Waals surface area contributed by atoms with E-state index < -0.39 is 5.54 Å². The summed E-state index contributed by atoms with van der Waals surface area (Å²) < 4.78 is 0. The first-order chi connectivity index (χ1) is 12.4. The number of carbonyl (C=O) groups excluding carboxylic acids is 3. The van der Waals surface area contributed by atoms with E-state index >= 15 is 0 Å². The molecule has 3 rings (SSSR count). The minimum absolute atomic E-state index is 0.0203. The first-order valence-electron chi connectivity index (χ1n) is 8.91. The third kappa shape index (κ3) is 3.32. The summed E-state index contributed by atoms with van der Waals surface area (Å²) in [6, 6.07) is 7.20. The Hall–Kier alpha value is -2.02. The molecular weight excluding hydrogens is 350 g/mol. The van der Waals surface area contributed by atoms with Crippen LogP contribution >= 0.6 is 11.8 Å². The van der Waals surface area contributed by atoms with Gasteiger partial charge in [-0.1, -0.05) is 12.1 Å². The molecule has 6 nitrogen and oxygen atoms in total. The molecule has 26 heavy (non-hydrogen) atoms.